The standard InChI is InChI=1S/C16H25NO2/c1-2-3-4-5-6-7-14(17)13-8-9-15-16(12-13)19-11-10-18-15/h8-9,12,14H,2-7,10-11,17H2,1H3. The second-order valence-electron chi connectivity index (χ2n) is 5.21. The van der Waals surface area contributed by atoms with E-state index >= 15 is 0 Å². The third kappa shape index (κ3) is 4.13. The molecule has 3 heteroatoms. The number of hydrogen-bond acceptors (Lipinski definition) is 3. The van der Waals surface area contributed by atoms with Gasteiger partial charge in [0.2, 0.25) is 0 Å². The third-order valence-electron chi connectivity index (χ3n) is 3.61. The van der Waals surface area contributed by atoms with Crippen LogP contribution in [0.5, 0.6) is 11.5 Å². The molecule has 1 aliphatic heterocycles. The van der Waals surface area contributed by atoms with Gasteiger partial charge in [0.25, 0.3) is 0 Å². The summed E-state index contributed by atoms with van der Waals surface area (Å²) in [6, 6.07) is 6.17. The number of nitrogens with two attached hydrogens (primary N) is 1. The van der Waals surface area contributed by atoms with Crippen molar-refractivity contribution in [2.24, 2.45) is 5.73 Å². The first-order chi connectivity index (χ1) is 9.31. The zero-order valence-corrected chi connectivity index (χ0v) is 11.9. The summed E-state index contributed by atoms with van der Waals surface area (Å²) in [5.41, 5.74) is 7.40. The van der Waals surface area contributed by atoms with Gasteiger partial charge in [0, 0.05) is 6.04 Å². The maximum absolute atomic E-state index is 6.25. The average Bonchev–Trinajstić information content (AvgIpc) is 2.46. The van der Waals surface area contributed by atoms with Crippen molar-refractivity contribution in [2.75, 3.05) is 13.2 Å². The molecule has 1 aromatic carbocycles. The van der Waals surface area contributed by atoms with Crippen molar-refractivity contribution in [1.29, 1.82) is 0 Å². The van der Waals surface area contributed by atoms with Crippen LogP contribution in [0, 0.1) is 0 Å². The lowest BCUT2D eigenvalue weighted by molar-refractivity contribution is 0.171. The quantitative estimate of drug-likeness (QED) is 0.761. The number of hydrogen-bond donors (Lipinski definition) is 1. The molecular formula is C16H25NO2. The van der Waals surface area contributed by atoms with E-state index in [0.717, 1.165) is 23.5 Å². The molecule has 1 aliphatic rings. The minimum atomic E-state index is 0.109. The van der Waals surface area contributed by atoms with Gasteiger partial charge in [-0.25, -0.2) is 0 Å². The molecule has 1 aromatic rings. The van der Waals surface area contributed by atoms with Crippen molar-refractivity contribution in [2.45, 2.75) is 51.5 Å². The Balaban J connectivity index is 1.83. The topological polar surface area (TPSA) is 44.5 Å². The fourth-order valence-corrected chi connectivity index (χ4v) is 2.43. The summed E-state index contributed by atoms with van der Waals surface area (Å²) in [6.07, 6.45) is 7.48. The normalized spacial score (nSPS) is 15.3. The van der Waals surface area contributed by atoms with Gasteiger partial charge in [-0.15, -0.1) is 0 Å². The average molecular weight is 263 g/mol. The van der Waals surface area contributed by atoms with E-state index in [9.17, 15) is 0 Å². The zero-order valence-electron chi connectivity index (χ0n) is 11.9. The van der Waals surface area contributed by atoms with E-state index < -0.39 is 0 Å². The highest BCUT2D eigenvalue weighted by molar-refractivity contribution is 5.44. The molecule has 0 aromatic heterocycles. The summed E-state index contributed by atoms with van der Waals surface area (Å²) in [6.45, 7) is 3.50. The number of fused-ring (bicyclic) bond motifs is 1. The number of unbranched alkanes of at least 4 members (excludes halogenated alkanes) is 4. The molecule has 2 N–H and O–H groups in total. The largest absolute Gasteiger partial charge is 0.486 e. The summed E-state index contributed by atoms with van der Waals surface area (Å²) in [4.78, 5) is 0. The first kappa shape index (κ1) is 14.2. The van der Waals surface area contributed by atoms with E-state index in [1.54, 1.807) is 0 Å². The molecule has 1 unspecified atom stereocenters. The number of ether oxygens (including phenoxy) is 2. The molecular weight excluding hydrogens is 238 g/mol. The van der Waals surface area contributed by atoms with Crippen molar-refractivity contribution in [3.05, 3.63) is 23.8 Å². The Morgan fingerprint density at radius 1 is 1.05 bits per heavy atom. The molecule has 0 fully saturated rings. The summed E-state index contributed by atoms with van der Waals surface area (Å²) in [5, 5.41) is 0. The molecule has 0 saturated carbocycles. The Morgan fingerprint density at radius 3 is 2.58 bits per heavy atom. The Hall–Kier alpha value is -1.22. The van der Waals surface area contributed by atoms with Gasteiger partial charge >= 0.3 is 0 Å². The highest BCUT2D eigenvalue weighted by Gasteiger charge is 2.14. The first-order valence-electron chi connectivity index (χ1n) is 7.46. The predicted molar refractivity (Wildman–Crippen MR) is 77.7 cm³/mol. The summed E-state index contributed by atoms with van der Waals surface area (Å²) in [7, 11) is 0. The van der Waals surface area contributed by atoms with E-state index in [4.69, 9.17) is 15.2 Å². The Kier molecular flexibility index (Phi) is 5.52. The van der Waals surface area contributed by atoms with E-state index in [0.29, 0.717) is 13.2 Å². The Labute approximate surface area is 116 Å². The van der Waals surface area contributed by atoms with E-state index in [1.165, 1.54) is 32.1 Å². The van der Waals surface area contributed by atoms with Crippen molar-refractivity contribution >= 4 is 0 Å². The van der Waals surface area contributed by atoms with Gasteiger partial charge in [-0.05, 0) is 24.1 Å². The van der Waals surface area contributed by atoms with E-state index in [1.807, 2.05) is 12.1 Å². The van der Waals surface area contributed by atoms with E-state index in [2.05, 4.69) is 13.0 Å². The maximum atomic E-state index is 6.25. The molecule has 3 nitrogen and oxygen atoms in total. The van der Waals surface area contributed by atoms with E-state index in [-0.39, 0.29) is 6.04 Å². The van der Waals surface area contributed by atoms with Gasteiger partial charge in [0.05, 0.1) is 0 Å². The molecule has 0 saturated heterocycles. The summed E-state index contributed by atoms with van der Waals surface area (Å²) >= 11 is 0. The van der Waals surface area contributed by atoms with Crippen LogP contribution in [0.2, 0.25) is 0 Å². The van der Waals surface area contributed by atoms with Crippen LogP contribution in [0.1, 0.15) is 57.1 Å². The molecule has 1 heterocycles. The molecule has 1 atom stereocenters. The van der Waals surface area contributed by atoms with Crippen LogP contribution in [0.4, 0.5) is 0 Å². The fraction of sp³-hybridized carbons (Fsp3) is 0.625. The lowest BCUT2D eigenvalue weighted by atomic mass is 10.00. The highest BCUT2D eigenvalue weighted by Crippen LogP contribution is 2.33. The molecule has 0 aliphatic carbocycles. The summed E-state index contributed by atoms with van der Waals surface area (Å²) in [5.74, 6) is 1.68. The molecule has 0 bridgehead atoms. The second-order valence-corrected chi connectivity index (χ2v) is 5.21. The number of rotatable bonds is 7. The number of benzene rings is 1. The second kappa shape index (κ2) is 7.39. The van der Waals surface area contributed by atoms with Gasteiger partial charge in [0.1, 0.15) is 13.2 Å². The van der Waals surface area contributed by atoms with Gasteiger partial charge in [-0.3, -0.25) is 0 Å². The lowest BCUT2D eigenvalue weighted by Crippen LogP contribution is -2.16. The van der Waals surface area contributed by atoms with Crippen LogP contribution in [0.3, 0.4) is 0 Å². The third-order valence-corrected chi connectivity index (χ3v) is 3.61. The van der Waals surface area contributed by atoms with Crippen LogP contribution in [0.25, 0.3) is 0 Å². The van der Waals surface area contributed by atoms with Crippen molar-refractivity contribution in [1.82, 2.24) is 0 Å². The SMILES string of the molecule is CCCCCCCC(N)c1ccc2c(c1)OCCO2. The zero-order chi connectivity index (χ0) is 13.5. The Bertz CT molecular complexity index is 392. The lowest BCUT2D eigenvalue weighted by Gasteiger charge is -2.20. The molecule has 2 rings (SSSR count). The monoisotopic (exact) mass is 263 g/mol. The van der Waals surface area contributed by atoms with Crippen LogP contribution in [-0.4, -0.2) is 13.2 Å². The molecule has 0 radical (unpaired) electrons. The van der Waals surface area contributed by atoms with Crippen LogP contribution in [0.15, 0.2) is 18.2 Å². The van der Waals surface area contributed by atoms with Gasteiger partial charge < -0.3 is 15.2 Å². The molecule has 106 valence electrons. The molecule has 0 amide bonds. The summed E-state index contributed by atoms with van der Waals surface area (Å²) < 4.78 is 11.1. The van der Waals surface area contributed by atoms with Gasteiger partial charge in [0.15, 0.2) is 11.5 Å². The molecule has 19 heavy (non-hydrogen) atoms. The highest BCUT2D eigenvalue weighted by atomic mass is 16.6. The molecule has 0 spiro atoms. The van der Waals surface area contributed by atoms with Crippen LogP contribution >= 0.6 is 0 Å². The van der Waals surface area contributed by atoms with Gasteiger partial charge in [-0.1, -0.05) is 45.1 Å². The smallest absolute Gasteiger partial charge is 0.161 e. The van der Waals surface area contributed by atoms with Crippen molar-refractivity contribution in [3.8, 4) is 11.5 Å². The Morgan fingerprint density at radius 2 is 1.79 bits per heavy atom. The van der Waals surface area contributed by atoms with Crippen LogP contribution < -0.4 is 15.2 Å². The van der Waals surface area contributed by atoms with Crippen molar-refractivity contribution in [3.63, 3.8) is 0 Å². The minimum Gasteiger partial charge on any atom is -0.486 e. The maximum Gasteiger partial charge on any atom is 0.161 e. The van der Waals surface area contributed by atoms with Crippen molar-refractivity contribution < 1.29 is 9.47 Å². The van der Waals surface area contributed by atoms with Crippen LogP contribution in [-0.2, 0) is 0 Å². The first-order valence-corrected chi connectivity index (χ1v) is 7.46. The predicted octanol–water partition coefficient (Wildman–Crippen LogP) is 3.82. The fourth-order valence-electron chi connectivity index (χ4n) is 2.43. The van der Waals surface area contributed by atoms with Gasteiger partial charge in [-0.2, -0.15) is 0 Å². The minimum absolute atomic E-state index is 0.109.